The second-order valence-corrected chi connectivity index (χ2v) is 3.35. The molecule has 62 valence electrons. The predicted molar refractivity (Wildman–Crippen MR) is 37.3 cm³/mol. The van der Waals surface area contributed by atoms with Crippen LogP contribution in [0.3, 0.4) is 0 Å². The third-order valence-corrected chi connectivity index (χ3v) is 1.94. The first-order valence-corrected chi connectivity index (χ1v) is 4.17. The number of benzene rings is 1. The van der Waals surface area contributed by atoms with Gasteiger partial charge in [-0.05, 0) is 18.2 Å². The normalized spacial score (nSPS) is 10.5. The molecule has 0 fully saturated rings. The van der Waals surface area contributed by atoms with E-state index in [1.807, 2.05) is 0 Å². The first-order chi connectivity index (χ1) is 5.00. The minimum absolute atomic E-state index is 0. The van der Waals surface area contributed by atoms with E-state index < -0.39 is 20.8 Å². The molecule has 0 heterocycles. The van der Waals surface area contributed by atoms with Gasteiger partial charge in [0, 0.05) is 0 Å². The van der Waals surface area contributed by atoms with E-state index >= 15 is 0 Å². The van der Waals surface area contributed by atoms with Crippen LogP contribution in [0, 0.1) is 5.82 Å². The van der Waals surface area contributed by atoms with Crippen molar-refractivity contribution in [2.75, 3.05) is 0 Å². The second-order valence-electron chi connectivity index (χ2n) is 1.93. The fourth-order valence-corrected chi connectivity index (χ4v) is 1.14. The van der Waals surface area contributed by atoms with E-state index in [9.17, 15) is 12.8 Å². The van der Waals surface area contributed by atoms with Crippen molar-refractivity contribution >= 4 is 10.1 Å². The maximum absolute atomic E-state index is 12.3. The van der Waals surface area contributed by atoms with E-state index in [-0.39, 0.29) is 20.3 Å². The van der Waals surface area contributed by atoms with Crippen LogP contribution in [0.1, 0.15) is 1.43 Å². The van der Waals surface area contributed by atoms with Crippen LogP contribution < -0.4 is 18.9 Å². The first-order valence-electron chi connectivity index (χ1n) is 2.73. The Morgan fingerprint density at radius 1 is 1.42 bits per heavy atom. The van der Waals surface area contributed by atoms with Crippen molar-refractivity contribution in [3.8, 4) is 0 Å². The van der Waals surface area contributed by atoms with Crippen molar-refractivity contribution in [3.05, 3.63) is 30.1 Å². The zero-order valence-corrected chi connectivity index (χ0v) is 7.18. The molecule has 0 aliphatic carbocycles. The molecule has 0 aromatic heterocycles. The van der Waals surface area contributed by atoms with E-state index in [1.54, 1.807) is 0 Å². The van der Waals surface area contributed by atoms with Gasteiger partial charge in [-0.25, -0.2) is 4.39 Å². The fraction of sp³-hybridized carbons (Fsp3) is 0. The molecule has 12 heavy (non-hydrogen) atoms. The summed E-state index contributed by atoms with van der Waals surface area (Å²) in [6, 6.07) is 4.15. The van der Waals surface area contributed by atoms with Gasteiger partial charge in [0.25, 0.3) is 10.1 Å². The summed E-state index contributed by atoms with van der Waals surface area (Å²) in [5, 5.41) is 0. The summed E-state index contributed by atoms with van der Waals surface area (Å²) in [5.41, 5.74) is 0. The summed E-state index contributed by atoms with van der Waals surface area (Å²) in [5.74, 6) is -0.694. The summed E-state index contributed by atoms with van der Waals surface area (Å²) >= 11 is 0. The molecule has 0 saturated heterocycles. The molecule has 6 heteroatoms. The van der Waals surface area contributed by atoms with Crippen molar-refractivity contribution in [3.63, 3.8) is 0 Å². The van der Waals surface area contributed by atoms with Gasteiger partial charge in [-0.2, -0.15) is 8.42 Å². The van der Waals surface area contributed by atoms with Crippen molar-refractivity contribution in [2.45, 2.75) is 4.90 Å². The number of halogens is 1. The molecule has 0 aliphatic rings. The van der Waals surface area contributed by atoms with E-state index in [0.29, 0.717) is 0 Å². The Balaban J connectivity index is 0. The van der Waals surface area contributed by atoms with Gasteiger partial charge in [0.15, 0.2) is 0 Å². The van der Waals surface area contributed by atoms with Crippen LogP contribution in [0.4, 0.5) is 4.39 Å². The Hall–Kier alpha value is -0.343. The van der Waals surface area contributed by atoms with Gasteiger partial charge in [-0.3, -0.25) is 4.55 Å². The van der Waals surface area contributed by atoms with Gasteiger partial charge >= 0.3 is 18.9 Å². The molecule has 0 spiro atoms. The smallest absolute Gasteiger partial charge is 1.00 e. The van der Waals surface area contributed by atoms with Gasteiger partial charge in [0.2, 0.25) is 0 Å². The van der Waals surface area contributed by atoms with Gasteiger partial charge in [0.05, 0.1) is 4.90 Å². The van der Waals surface area contributed by atoms with E-state index in [4.69, 9.17) is 4.55 Å². The quantitative estimate of drug-likeness (QED) is 0.413. The largest absolute Gasteiger partial charge is 1.00 e. The Bertz CT molecular complexity index is 368. The van der Waals surface area contributed by atoms with Crippen LogP contribution in [-0.4, -0.2) is 13.0 Å². The molecular formula is C6H6FLiO3S. The molecule has 0 aliphatic heterocycles. The van der Waals surface area contributed by atoms with Crippen LogP contribution in [0.15, 0.2) is 29.2 Å². The molecule has 1 N–H and O–H groups in total. The predicted octanol–water partition coefficient (Wildman–Crippen LogP) is -1.81. The van der Waals surface area contributed by atoms with Gasteiger partial charge < -0.3 is 1.43 Å². The summed E-state index contributed by atoms with van der Waals surface area (Å²) in [7, 11) is -4.27. The van der Waals surface area contributed by atoms with Crippen molar-refractivity contribution in [2.24, 2.45) is 0 Å². The summed E-state index contributed by atoms with van der Waals surface area (Å²) < 4.78 is 41.5. The molecule has 0 radical (unpaired) electrons. The maximum Gasteiger partial charge on any atom is 1.00 e. The maximum atomic E-state index is 12.3. The number of rotatable bonds is 1. The molecule has 3 nitrogen and oxygen atoms in total. The van der Waals surface area contributed by atoms with Crippen LogP contribution in [0.5, 0.6) is 0 Å². The van der Waals surface area contributed by atoms with Gasteiger partial charge in [-0.15, -0.1) is 0 Å². The third kappa shape index (κ3) is 2.95. The van der Waals surface area contributed by atoms with Gasteiger partial charge in [-0.1, -0.05) is 6.07 Å². The Kier molecular flexibility index (Phi) is 3.94. The Morgan fingerprint density at radius 2 is 2.00 bits per heavy atom. The van der Waals surface area contributed by atoms with Crippen molar-refractivity contribution < 1.29 is 37.6 Å². The monoisotopic (exact) mass is 184 g/mol. The van der Waals surface area contributed by atoms with E-state index in [0.717, 1.165) is 18.2 Å². The fourth-order valence-electron chi connectivity index (χ4n) is 0.627. The average molecular weight is 184 g/mol. The molecule has 0 bridgehead atoms. The Morgan fingerprint density at radius 3 is 2.33 bits per heavy atom. The van der Waals surface area contributed by atoms with Gasteiger partial charge in [0.1, 0.15) is 5.82 Å². The SMILES string of the molecule is O=S(=O)(O)c1cccc(F)c1.[H-].[Li+]. The zero-order chi connectivity index (χ0) is 8.48. The van der Waals surface area contributed by atoms with Crippen LogP contribution in [-0.2, 0) is 10.1 Å². The minimum Gasteiger partial charge on any atom is -1.00 e. The van der Waals surface area contributed by atoms with Crippen molar-refractivity contribution in [1.29, 1.82) is 0 Å². The third-order valence-electron chi connectivity index (χ3n) is 1.09. The Labute approximate surface area is 83.0 Å². The molecule has 0 atom stereocenters. The first kappa shape index (κ1) is 11.7. The topological polar surface area (TPSA) is 54.4 Å². The second kappa shape index (κ2) is 4.05. The molecule has 0 unspecified atom stereocenters. The molecular weight excluding hydrogens is 178 g/mol. The van der Waals surface area contributed by atoms with E-state index in [2.05, 4.69) is 0 Å². The molecule has 0 amide bonds. The minimum atomic E-state index is -4.27. The average Bonchev–Trinajstić information content (AvgIpc) is 1.86. The summed E-state index contributed by atoms with van der Waals surface area (Å²) in [6.45, 7) is 0. The van der Waals surface area contributed by atoms with Crippen LogP contribution in [0.2, 0.25) is 0 Å². The van der Waals surface area contributed by atoms with Crippen LogP contribution in [0.25, 0.3) is 0 Å². The number of hydrogen-bond acceptors (Lipinski definition) is 2. The molecule has 0 saturated carbocycles. The van der Waals surface area contributed by atoms with E-state index in [1.165, 1.54) is 6.07 Å². The standard InChI is InChI=1S/C6H5FO3S.Li.H/c7-5-2-1-3-6(4-5)11(8,9)10;;/h1-4H,(H,8,9,10);;/q;+1;-1. The molecule has 1 aromatic rings. The van der Waals surface area contributed by atoms with Crippen LogP contribution >= 0.6 is 0 Å². The number of hydrogen-bond donors (Lipinski definition) is 1. The van der Waals surface area contributed by atoms with Crippen molar-refractivity contribution in [1.82, 2.24) is 0 Å². The summed E-state index contributed by atoms with van der Waals surface area (Å²) in [4.78, 5) is -0.433. The summed E-state index contributed by atoms with van der Waals surface area (Å²) in [6.07, 6.45) is 0. The zero-order valence-electron chi connectivity index (χ0n) is 7.36. The molecule has 1 rings (SSSR count). The molecule has 1 aromatic carbocycles.